The molecular formula is C110H110N20O9. The van der Waals surface area contributed by atoms with E-state index >= 15 is 0 Å². The lowest BCUT2D eigenvalue weighted by atomic mass is 10.0. The van der Waals surface area contributed by atoms with Gasteiger partial charge in [0.1, 0.15) is 46.1 Å². The van der Waals surface area contributed by atoms with Crippen LogP contribution in [0.15, 0.2) is 304 Å². The highest BCUT2D eigenvalue weighted by Gasteiger charge is 2.36. The van der Waals surface area contributed by atoms with Gasteiger partial charge in [0, 0.05) is 132 Å². The molecule has 0 unspecified atom stereocenters. The van der Waals surface area contributed by atoms with E-state index in [2.05, 4.69) is 122 Å². The molecule has 0 fully saturated rings. The number of carbonyl (C=O) groups is 9. The van der Waals surface area contributed by atoms with Crippen LogP contribution in [0.2, 0.25) is 0 Å². The smallest absolute Gasteiger partial charge is 0.276 e. The number of H-pyrrole nitrogens is 4. The van der Waals surface area contributed by atoms with Crippen LogP contribution in [0.3, 0.4) is 0 Å². The molecule has 0 atom stereocenters. The van der Waals surface area contributed by atoms with E-state index in [-0.39, 0.29) is 73.4 Å². The molecule has 704 valence electrons. The minimum atomic E-state index is -0.341. The molecule has 12 heterocycles. The lowest BCUT2D eigenvalue weighted by Gasteiger charge is -2.29. The third-order valence-corrected chi connectivity index (χ3v) is 24.7. The van der Waals surface area contributed by atoms with Gasteiger partial charge in [-0.25, -0.2) is 19.9 Å². The van der Waals surface area contributed by atoms with Crippen LogP contribution in [-0.4, -0.2) is 157 Å². The normalized spacial score (nSPS) is 12.8. The number of aryl methyl sites for hydroxylation is 2. The van der Waals surface area contributed by atoms with Gasteiger partial charge in [0.2, 0.25) is 0 Å². The molecule has 8 aromatic heterocycles. The van der Waals surface area contributed by atoms with Gasteiger partial charge >= 0.3 is 0 Å². The zero-order valence-corrected chi connectivity index (χ0v) is 77.1. The van der Waals surface area contributed by atoms with Gasteiger partial charge in [-0.1, -0.05) is 203 Å². The highest BCUT2D eigenvalue weighted by molar-refractivity contribution is 6.07. The van der Waals surface area contributed by atoms with E-state index in [1.54, 1.807) is 111 Å². The fraction of sp³-hybridized carbons (Fsp3) is 0.209. The topological polar surface area (TPSA) is 349 Å². The number of hydrogen-bond donors (Lipinski definition) is 8. The van der Waals surface area contributed by atoms with Crippen molar-refractivity contribution in [1.29, 1.82) is 0 Å². The Morgan fingerprint density at radius 3 is 0.906 bits per heavy atom. The van der Waals surface area contributed by atoms with Gasteiger partial charge in [0.15, 0.2) is 28.6 Å². The van der Waals surface area contributed by atoms with Gasteiger partial charge in [-0.3, -0.25) is 43.2 Å². The van der Waals surface area contributed by atoms with Crippen molar-refractivity contribution in [2.75, 3.05) is 47.4 Å². The summed E-state index contributed by atoms with van der Waals surface area (Å²) in [5.74, 6) is 2.09. The molecule has 0 bridgehead atoms. The molecule has 0 spiro atoms. The average Bonchev–Trinajstić information content (AvgIpc) is 1.64. The van der Waals surface area contributed by atoms with Gasteiger partial charge < -0.3 is 79.1 Å². The number of aromatic nitrogens is 12. The number of aromatic amines is 4. The summed E-state index contributed by atoms with van der Waals surface area (Å²) in [7, 11) is 0. The second kappa shape index (κ2) is 43.9. The highest BCUT2D eigenvalue weighted by Crippen LogP contribution is 2.32. The van der Waals surface area contributed by atoms with E-state index in [4.69, 9.17) is 19.9 Å². The third kappa shape index (κ3) is 22.9. The second-order valence-corrected chi connectivity index (χ2v) is 34.7. The molecule has 20 rings (SSSR count). The Balaban J connectivity index is 0.000000134. The van der Waals surface area contributed by atoms with Crippen molar-refractivity contribution in [2.24, 2.45) is 0 Å². The third-order valence-electron chi connectivity index (χ3n) is 24.7. The Hall–Kier alpha value is -17.1. The Bertz CT molecular complexity index is 7020. The van der Waals surface area contributed by atoms with Crippen molar-refractivity contribution in [2.45, 2.75) is 126 Å². The standard InChI is InChI=1S/C29H27N5O3.C28H29N5O2.2C26H25N5O2.CH4/c1-2-23(35)17-21-10-12-22(13-11-21)31-28(36)27-25-19-33(29(37)24-9-6-14-30-24)15-16-34(25)26(32-27)18-20-7-4-3-5-8-20;1-19(2)21-10-6-11-22(17-21)30-27(34)26-24-18-32(28(35)23-12-7-13-29-23)14-15-33(24)25(31-26)16-20-8-4-3-5-9-20;1-18-7-5-10-20(15-18)28-25(32)24-22-17-30(26(33)21-11-6-12-27-21)13-14-31(22)23(29-24)16-19-8-3-2-4-9-19;1-18-9-11-20(12-10-18)28-25(32)24-22-17-30(26(33)21-8-5-13-27-21)14-15-31(22)23(29-24)16-19-6-3-2-4-7-19;/h2-14,30H,1,15-19H2,(H,31,36);3-13,17,19,29H,14-16,18H2,1-2H3,(H,30,34);2-12,15,27H,13-14,16-17H2,1H3,(H,28,32);2-13,27H,14-17H2,1H3,(H,28,32);1H4. The number of carbonyl (C=O) groups excluding carboxylic acids is 9. The van der Waals surface area contributed by atoms with Crippen LogP contribution < -0.4 is 21.3 Å². The summed E-state index contributed by atoms with van der Waals surface area (Å²) in [4.78, 5) is 155. The van der Waals surface area contributed by atoms with Gasteiger partial charge in [-0.15, -0.1) is 0 Å². The minimum absolute atomic E-state index is 0. The molecule has 29 heteroatoms. The number of benzene rings is 8. The number of rotatable bonds is 24. The monoisotopic (exact) mass is 1850 g/mol. The average molecular weight is 1860 g/mol. The minimum Gasteiger partial charge on any atom is -0.357 e. The van der Waals surface area contributed by atoms with Crippen molar-refractivity contribution in [3.63, 3.8) is 0 Å². The lowest BCUT2D eigenvalue weighted by Crippen LogP contribution is -2.39. The second-order valence-electron chi connectivity index (χ2n) is 34.7. The predicted molar refractivity (Wildman–Crippen MR) is 535 cm³/mol. The van der Waals surface area contributed by atoms with Crippen molar-refractivity contribution in [3.8, 4) is 0 Å². The Labute approximate surface area is 805 Å². The number of imidazole rings is 4. The van der Waals surface area contributed by atoms with Crippen LogP contribution in [0.5, 0.6) is 0 Å². The summed E-state index contributed by atoms with van der Waals surface area (Å²) in [6, 6.07) is 84.9. The molecule has 16 aromatic rings. The van der Waals surface area contributed by atoms with Crippen LogP contribution in [0.4, 0.5) is 22.7 Å². The van der Waals surface area contributed by atoms with Gasteiger partial charge in [0.05, 0.1) is 49.0 Å². The Kier molecular flexibility index (Phi) is 30.0. The molecule has 0 aliphatic carbocycles. The Morgan fingerprint density at radius 1 is 0.324 bits per heavy atom. The van der Waals surface area contributed by atoms with E-state index in [0.717, 1.165) is 96.3 Å². The number of nitrogens with zero attached hydrogens (tertiary/aromatic N) is 12. The molecule has 0 saturated heterocycles. The number of fused-ring (bicyclic) bond motifs is 4. The number of ketones is 1. The van der Waals surface area contributed by atoms with E-state index in [9.17, 15) is 43.2 Å². The van der Waals surface area contributed by atoms with Gasteiger partial charge in [-0.2, -0.15) is 0 Å². The molecule has 8 amide bonds. The number of amides is 8. The van der Waals surface area contributed by atoms with Crippen molar-refractivity contribution in [1.82, 2.24) is 77.7 Å². The number of nitrogens with one attached hydrogen (secondary N) is 8. The lowest BCUT2D eigenvalue weighted by molar-refractivity contribution is -0.114. The number of allylic oxidation sites excluding steroid dienone is 1. The summed E-state index contributed by atoms with van der Waals surface area (Å²) in [5, 5.41) is 11.9. The maximum Gasteiger partial charge on any atom is 0.276 e. The summed E-state index contributed by atoms with van der Waals surface area (Å²) >= 11 is 0. The van der Waals surface area contributed by atoms with E-state index in [1.807, 2.05) is 172 Å². The number of anilines is 4. The molecule has 8 N–H and O–H groups in total. The van der Waals surface area contributed by atoms with Crippen LogP contribution in [0.1, 0.15) is 202 Å². The maximum absolute atomic E-state index is 13.4. The summed E-state index contributed by atoms with van der Waals surface area (Å²) < 4.78 is 8.35. The van der Waals surface area contributed by atoms with Crippen LogP contribution >= 0.6 is 0 Å². The van der Waals surface area contributed by atoms with Crippen LogP contribution in [0.25, 0.3) is 0 Å². The molecule has 4 aliphatic heterocycles. The van der Waals surface area contributed by atoms with Crippen LogP contribution in [-0.2, 0) is 89.3 Å². The SMILES string of the molecule is C.C=CC(=O)Cc1ccc(NC(=O)c2nc(Cc3ccccc3)n3c2CN(C(=O)c2ccc[nH]2)CC3)cc1.CC(C)c1cccc(NC(=O)c2nc(Cc3ccccc3)n3c2CN(C(=O)c2ccc[nH]2)CC3)c1.Cc1ccc(NC(=O)c2nc(Cc3ccccc3)n3c2CN(C(=O)c2ccc[nH]2)CC3)cc1.Cc1cccc(NC(=O)c2nc(Cc3ccccc3)n3c2CN(C(=O)c2ccc[nH]2)CC3)c1. The summed E-state index contributed by atoms with van der Waals surface area (Å²) in [6.07, 6.45) is 10.9. The molecule has 4 aliphatic rings. The van der Waals surface area contributed by atoms with Crippen LogP contribution in [0, 0.1) is 13.8 Å². The quantitative estimate of drug-likeness (QED) is 0.0261. The maximum atomic E-state index is 13.4. The van der Waals surface area contributed by atoms with E-state index in [1.165, 1.54) is 6.08 Å². The zero-order chi connectivity index (χ0) is 95.7. The Morgan fingerprint density at radius 2 is 0.619 bits per heavy atom. The van der Waals surface area contributed by atoms with Crippen molar-refractivity contribution >= 4 is 75.8 Å². The van der Waals surface area contributed by atoms with Crippen molar-refractivity contribution in [3.05, 3.63) is 440 Å². The fourth-order valence-electron chi connectivity index (χ4n) is 17.5. The number of hydrogen-bond acceptors (Lipinski definition) is 13. The summed E-state index contributed by atoms with van der Waals surface area (Å²) in [5.41, 5.74) is 18.0. The molecule has 0 radical (unpaired) electrons. The molecule has 8 aromatic carbocycles. The largest absolute Gasteiger partial charge is 0.357 e. The predicted octanol–water partition coefficient (Wildman–Crippen LogP) is 17.5. The first-order valence-corrected chi connectivity index (χ1v) is 46.1. The summed E-state index contributed by atoms with van der Waals surface area (Å²) in [6.45, 7) is 17.5. The zero-order valence-electron chi connectivity index (χ0n) is 77.1. The molecule has 0 saturated carbocycles. The first-order valence-electron chi connectivity index (χ1n) is 46.1. The van der Waals surface area contributed by atoms with E-state index < -0.39 is 0 Å². The fourth-order valence-corrected chi connectivity index (χ4v) is 17.5. The molecule has 29 nitrogen and oxygen atoms in total. The van der Waals surface area contributed by atoms with Gasteiger partial charge in [-0.05, 0) is 162 Å². The van der Waals surface area contributed by atoms with Gasteiger partial charge in [0.25, 0.3) is 47.3 Å². The highest BCUT2D eigenvalue weighted by atomic mass is 16.2. The first kappa shape index (κ1) is 95.1. The van der Waals surface area contributed by atoms with E-state index in [0.29, 0.717) is 166 Å². The van der Waals surface area contributed by atoms with Crippen molar-refractivity contribution < 1.29 is 43.2 Å². The molecule has 139 heavy (non-hydrogen) atoms. The first-order chi connectivity index (χ1) is 67.2. The molecular weight excluding hydrogens is 1750 g/mol.